The third-order valence-electron chi connectivity index (χ3n) is 2.57. The maximum atomic E-state index is 11.6. The van der Waals surface area contributed by atoms with Gasteiger partial charge in [-0.25, -0.2) is 4.79 Å². The summed E-state index contributed by atoms with van der Waals surface area (Å²) in [6, 6.07) is 5.45. The Kier molecular flexibility index (Phi) is 5.66. The van der Waals surface area contributed by atoms with Crippen molar-refractivity contribution < 1.29 is 19.6 Å². The Labute approximate surface area is 123 Å². The van der Waals surface area contributed by atoms with Gasteiger partial charge in [0.15, 0.2) is 0 Å². The molecule has 1 aromatic rings. The summed E-state index contributed by atoms with van der Waals surface area (Å²) in [7, 11) is 0. The van der Waals surface area contributed by atoms with E-state index < -0.39 is 22.7 Å². The second-order valence-electron chi connectivity index (χ2n) is 5.65. The first-order valence-electron chi connectivity index (χ1n) is 6.55. The average molecular weight is 296 g/mol. The topological polar surface area (TPSA) is 102 Å². The summed E-state index contributed by atoms with van der Waals surface area (Å²) in [5, 5.41) is 22.4. The van der Waals surface area contributed by atoms with Crippen LogP contribution in [0.4, 0.5) is 10.5 Å². The predicted octanol–water partition coefficient (Wildman–Crippen LogP) is 2.02. The molecule has 0 aliphatic rings. The van der Waals surface area contributed by atoms with E-state index in [9.17, 15) is 20.0 Å². The molecular weight excluding hydrogens is 276 g/mol. The fourth-order valence-corrected chi connectivity index (χ4v) is 1.67. The molecule has 0 bridgehead atoms. The first kappa shape index (κ1) is 16.9. The molecule has 0 spiro atoms. The Morgan fingerprint density at radius 1 is 1.38 bits per heavy atom. The fraction of sp³-hybridized carbons (Fsp3) is 0.500. The summed E-state index contributed by atoms with van der Waals surface area (Å²) in [6.45, 7) is 4.99. The minimum Gasteiger partial charge on any atom is -0.444 e. The molecule has 0 fully saturated rings. The van der Waals surface area contributed by atoms with Crippen LogP contribution in [0.25, 0.3) is 0 Å². The SMILES string of the molecule is CC(C)(C)OC(=O)NC(CO)Cc1ccc([N+](=O)[O-])cc1. The number of nitrogens with one attached hydrogen (secondary N) is 1. The Hall–Kier alpha value is -2.15. The smallest absolute Gasteiger partial charge is 0.407 e. The minimum atomic E-state index is -0.614. The first-order chi connectivity index (χ1) is 9.71. The van der Waals surface area contributed by atoms with Crippen LogP contribution in [0.1, 0.15) is 26.3 Å². The van der Waals surface area contributed by atoms with E-state index in [4.69, 9.17) is 4.74 Å². The van der Waals surface area contributed by atoms with Crippen LogP contribution in [0.15, 0.2) is 24.3 Å². The molecule has 1 rings (SSSR count). The number of alkyl carbamates (subject to hydrolysis) is 1. The molecular formula is C14H20N2O5. The zero-order chi connectivity index (χ0) is 16.0. The van der Waals surface area contributed by atoms with Gasteiger partial charge in [0.2, 0.25) is 0 Å². The standard InChI is InChI=1S/C14H20N2O5/c1-14(2,3)21-13(18)15-11(9-17)8-10-4-6-12(7-5-10)16(19)20/h4-7,11,17H,8-9H2,1-3H3,(H,15,18). The zero-order valence-corrected chi connectivity index (χ0v) is 12.3. The van der Waals surface area contributed by atoms with Crippen LogP contribution in [0.5, 0.6) is 0 Å². The molecule has 0 saturated carbocycles. The van der Waals surface area contributed by atoms with E-state index in [0.29, 0.717) is 6.42 Å². The maximum Gasteiger partial charge on any atom is 0.407 e. The van der Waals surface area contributed by atoms with Crippen molar-refractivity contribution in [2.45, 2.75) is 38.8 Å². The van der Waals surface area contributed by atoms with Crippen LogP contribution in [-0.4, -0.2) is 34.4 Å². The lowest BCUT2D eigenvalue weighted by atomic mass is 10.1. The van der Waals surface area contributed by atoms with Gasteiger partial charge in [0.1, 0.15) is 5.60 Å². The van der Waals surface area contributed by atoms with Gasteiger partial charge in [-0.1, -0.05) is 12.1 Å². The van der Waals surface area contributed by atoms with Gasteiger partial charge in [0.25, 0.3) is 5.69 Å². The lowest BCUT2D eigenvalue weighted by molar-refractivity contribution is -0.384. The first-order valence-corrected chi connectivity index (χ1v) is 6.55. The number of nitro benzene ring substituents is 1. The van der Waals surface area contributed by atoms with E-state index in [0.717, 1.165) is 5.56 Å². The van der Waals surface area contributed by atoms with Crippen molar-refractivity contribution in [2.75, 3.05) is 6.61 Å². The Balaban J connectivity index is 2.61. The molecule has 7 nitrogen and oxygen atoms in total. The second kappa shape index (κ2) is 7.03. The average Bonchev–Trinajstić information content (AvgIpc) is 2.36. The van der Waals surface area contributed by atoms with E-state index in [1.165, 1.54) is 12.1 Å². The van der Waals surface area contributed by atoms with Crippen LogP contribution < -0.4 is 5.32 Å². The molecule has 1 atom stereocenters. The zero-order valence-electron chi connectivity index (χ0n) is 12.3. The number of hydrogen-bond acceptors (Lipinski definition) is 5. The molecule has 0 aliphatic carbocycles. The highest BCUT2D eigenvalue weighted by molar-refractivity contribution is 5.68. The molecule has 2 N–H and O–H groups in total. The van der Waals surface area contributed by atoms with Crippen LogP contribution >= 0.6 is 0 Å². The fourth-order valence-electron chi connectivity index (χ4n) is 1.67. The summed E-state index contributed by atoms with van der Waals surface area (Å²) < 4.78 is 5.11. The van der Waals surface area contributed by atoms with E-state index in [-0.39, 0.29) is 12.3 Å². The van der Waals surface area contributed by atoms with Gasteiger partial charge in [-0.15, -0.1) is 0 Å². The molecule has 0 aromatic heterocycles. The molecule has 1 amide bonds. The Bertz CT molecular complexity index is 493. The van der Waals surface area contributed by atoms with Gasteiger partial charge in [-0.3, -0.25) is 10.1 Å². The van der Waals surface area contributed by atoms with Crippen LogP contribution in [0.2, 0.25) is 0 Å². The highest BCUT2D eigenvalue weighted by Gasteiger charge is 2.19. The molecule has 0 aliphatic heterocycles. The summed E-state index contributed by atoms with van der Waals surface area (Å²) in [5.41, 5.74) is 0.160. The van der Waals surface area contributed by atoms with Gasteiger partial charge >= 0.3 is 6.09 Å². The number of nitro groups is 1. The van der Waals surface area contributed by atoms with Gasteiger partial charge in [-0.2, -0.15) is 0 Å². The summed E-state index contributed by atoms with van der Waals surface area (Å²) >= 11 is 0. The third kappa shape index (κ3) is 6.22. The van der Waals surface area contributed by atoms with Gasteiger partial charge in [0.05, 0.1) is 17.6 Å². The molecule has 0 saturated heterocycles. The normalized spacial score (nSPS) is 12.6. The van der Waals surface area contributed by atoms with E-state index in [1.807, 2.05) is 0 Å². The summed E-state index contributed by atoms with van der Waals surface area (Å²) in [6.07, 6.45) is -0.253. The van der Waals surface area contributed by atoms with Crippen molar-refractivity contribution in [3.8, 4) is 0 Å². The predicted molar refractivity (Wildman–Crippen MR) is 77.0 cm³/mol. The molecule has 116 valence electrons. The molecule has 1 aromatic carbocycles. The highest BCUT2D eigenvalue weighted by Crippen LogP contribution is 2.13. The molecule has 21 heavy (non-hydrogen) atoms. The number of ether oxygens (including phenoxy) is 1. The van der Waals surface area contributed by atoms with Gasteiger partial charge < -0.3 is 15.2 Å². The number of carbonyl (C=O) groups is 1. The number of hydrogen-bond donors (Lipinski definition) is 2. The van der Waals surface area contributed by atoms with E-state index in [2.05, 4.69) is 5.32 Å². The maximum absolute atomic E-state index is 11.6. The van der Waals surface area contributed by atoms with Crippen molar-refractivity contribution in [1.29, 1.82) is 0 Å². The highest BCUT2D eigenvalue weighted by atomic mass is 16.6. The van der Waals surface area contributed by atoms with Crippen LogP contribution in [0.3, 0.4) is 0 Å². The van der Waals surface area contributed by atoms with Crippen molar-refractivity contribution in [3.05, 3.63) is 39.9 Å². The number of amides is 1. The number of nitrogens with zero attached hydrogens (tertiary/aromatic N) is 1. The molecule has 7 heteroatoms. The number of benzene rings is 1. The molecule has 1 unspecified atom stereocenters. The van der Waals surface area contributed by atoms with Gasteiger partial charge in [-0.05, 0) is 32.8 Å². The van der Waals surface area contributed by atoms with Crippen LogP contribution in [0, 0.1) is 10.1 Å². The number of aliphatic hydroxyl groups excluding tert-OH is 1. The lowest BCUT2D eigenvalue weighted by Crippen LogP contribution is -2.42. The van der Waals surface area contributed by atoms with Crippen molar-refractivity contribution in [3.63, 3.8) is 0 Å². The quantitative estimate of drug-likeness (QED) is 0.639. The van der Waals surface area contributed by atoms with Crippen molar-refractivity contribution in [2.24, 2.45) is 0 Å². The minimum absolute atomic E-state index is 0.000556. The summed E-state index contributed by atoms with van der Waals surface area (Å²) in [5.74, 6) is 0. The van der Waals surface area contributed by atoms with Gasteiger partial charge in [0, 0.05) is 12.1 Å². The Morgan fingerprint density at radius 2 is 1.95 bits per heavy atom. The third-order valence-corrected chi connectivity index (χ3v) is 2.57. The van der Waals surface area contributed by atoms with Crippen LogP contribution in [-0.2, 0) is 11.2 Å². The van der Waals surface area contributed by atoms with E-state index >= 15 is 0 Å². The Morgan fingerprint density at radius 3 is 2.38 bits per heavy atom. The molecule has 0 radical (unpaired) electrons. The van der Waals surface area contributed by atoms with E-state index in [1.54, 1.807) is 32.9 Å². The lowest BCUT2D eigenvalue weighted by Gasteiger charge is -2.22. The molecule has 0 heterocycles. The van der Waals surface area contributed by atoms with Crippen molar-refractivity contribution >= 4 is 11.8 Å². The number of aliphatic hydroxyl groups is 1. The number of rotatable bonds is 5. The second-order valence-corrected chi connectivity index (χ2v) is 5.65. The van der Waals surface area contributed by atoms with Crippen molar-refractivity contribution in [1.82, 2.24) is 5.32 Å². The summed E-state index contributed by atoms with van der Waals surface area (Å²) in [4.78, 5) is 21.7. The number of carbonyl (C=O) groups excluding carboxylic acids is 1. The monoisotopic (exact) mass is 296 g/mol. The number of non-ortho nitro benzene ring substituents is 1. The largest absolute Gasteiger partial charge is 0.444 e.